The van der Waals surface area contributed by atoms with E-state index >= 15 is 0 Å². The number of nitrogens with two attached hydrogens (primary N) is 1. The number of para-hydroxylation sites is 1. The number of amides is 4. The Bertz CT molecular complexity index is 846. The van der Waals surface area contributed by atoms with Crippen LogP contribution in [0.1, 0.15) is 26.3 Å². The lowest BCUT2D eigenvalue weighted by atomic mass is 10.00. The zero-order valence-electron chi connectivity index (χ0n) is 19.4. The number of benzene rings is 1. The average Bonchev–Trinajstić information content (AvgIpc) is 2.76. The van der Waals surface area contributed by atoms with Crippen molar-refractivity contribution >= 4 is 23.8 Å². The molecule has 1 aliphatic heterocycles. The minimum absolute atomic E-state index is 0.0605. The van der Waals surface area contributed by atoms with E-state index < -0.39 is 29.9 Å². The van der Waals surface area contributed by atoms with Crippen molar-refractivity contribution in [3.8, 4) is 5.75 Å². The molecule has 0 unspecified atom stereocenters. The van der Waals surface area contributed by atoms with Crippen molar-refractivity contribution < 1.29 is 19.1 Å². The summed E-state index contributed by atoms with van der Waals surface area (Å²) in [5.41, 5.74) is 6.35. The molecule has 1 aliphatic rings. The molecule has 8 N–H and O–H groups in total. The van der Waals surface area contributed by atoms with Crippen molar-refractivity contribution in [2.24, 2.45) is 17.6 Å². The Morgan fingerprint density at radius 1 is 1.18 bits per heavy atom. The first-order valence-corrected chi connectivity index (χ1v) is 11.1. The van der Waals surface area contributed by atoms with Gasteiger partial charge in [-0.25, -0.2) is 4.79 Å². The highest BCUT2D eigenvalue weighted by Crippen LogP contribution is 2.21. The highest BCUT2D eigenvalue weighted by molar-refractivity contribution is 5.92. The van der Waals surface area contributed by atoms with Crippen LogP contribution in [0, 0.1) is 17.2 Å². The molecular weight excluding hydrogens is 426 g/mol. The van der Waals surface area contributed by atoms with Gasteiger partial charge in [-0.2, -0.15) is 0 Å². The van der Waals surface area contributed by atoms with Gasteiger partial charge >= 0.3 is 6.03 Å². The maximum atomic E-state index is 12.9. The maximum Gasteiger partial charge on any atom is 0.315 e. The molecule has 0 bridgehead atoms. The molecule has 11 heteroatoms. The molecule has 0 radical (unpaired) electrons. The zero-order valence-corrected chi connectivity index (χ0v) is 19.4. The number of carbonyl (C=O) groups is 3. The van der Waals surface area contributed by atoms with Gasteiger partial charge < -0.3 is 37.1 Å². The molecule has 1 aromatic rings. The summed E-state index contributed by atoms with van der Waals surface area (Å²) in [6.45, 7) is 6.43. The second-order valence-corrected chi connectivity index (χ2v) is 8.49. The van der Waals surface area contributed by atoms with Crippen LogP contribution in [0.25, 0.3) is 0 Å². The van der Waals surface area contributed by atoms with Crippen LogP contribution in [0.15, 0.2) is 24.3 Å². The third kappa shape index (κ3) is 8.51. The number of nitrogens with one attached hydrogen (secondary N) is 6. The van der Waals surface area contributed by atoms with E-state index in [0.717, 1.165) is 11.3 Å². The van der Waals surface area contributed by atoms with Crippen molar-refractivity contribution in [1.29, 1.82) is 5.41 Å². The number of fused-ring (bicyclic) bond motifs is 1. The molecular formula is C22H35N7O4. The smallest absolute Gasteiger partial charge is 0.315 e. The van der Waals surface area contributed by atoms with E-state index in [1.54, 1.807) is 13.8 Å². The Morgan fingerprint density at radius 2 is 1.91 bits per heavy atom. The molecule has 11 nitrogen and oxygen atoms in total. The van der Waals surface area contributed by atoms with Crippen molar-refractivity contribution in [1.82, 2.24) is 26.6 Å². The molecule has 0 fully saturated rings. The summed E-state index contributed by atoms with van der Waals surface area (Å²) in [4.78, 5) is 38.1. The standard InChI is InChI=1S/C22H35N7O4/c1-13(2)18-20(31)28-16(12-27-21(23)24)19(30)26-11-14(3)10-15-6-4-5-7-17(15)33-9-8-25-22(32)29-18/h4-7,13-14,16,18H,8-12H2,1-3H3,(H,26,30)(H,28,31)(H4,23,24,27)(H2,25,29,32)/t14-,16-,18+/m0/s1. The fraction of sp³-hybridized carbons (Fsp3) is 0.545. The van der Waals surface area contributed by atoms with E-state index in [1.165, 1.54) is 0 Å². The summed E-state index contributed by atoms with van der Waals surface area (Å²) in [6, 6.07) is 5.28. The van der Waals surface area contributed by atoms with Crippen LogP contribution >= 0.6 is 0 Å². The first-order valence-electron chi connectivity index (χ1n) is 11.1. The summed E-state index contributed by atoms with van der Waals surface area (Å²) in [5.74, 6) is -0.649. The second kappa shape index (κ2) is 12.5. The number of rotatable bonds is 3. The second-order valence-electron chi connectivity index (χ2n) is 8.49. The summed E-state index contributed by atoms with van der Waals surface area (Å²) < 4.78 is 5.85. The highest BCUT2D eigenvalue weighted by atomic mass is 16.5. The first-order chi connectivity index (χ1) is 15.7. The monoisotopic (exact) mass is 461 g/mol. The molecule has 0 saturated heterocycles. The third-order valence-electron chi connectivity index (χ3n) is 5.18. The number of guanidine groups is 1. The lowest BCUT2D eigenvalue weighted by molar-refractivity contribution is -0.130. The van der Waals surface area contributed by atoms with Gasteiger partial charge in [-0.1, -0.05) is 39.0 Å². The Hall–Kier alpha value is -3.50. The number of hydrogen-bond donors (Lipinski definition) is 7. The van der Waals surface area contributed by atoms with Gasteiger partial charge in [-0.15, -0.1) is 0 Å². The predicted octanol–water partition coefficient (Wildman–Crippen LogP) is -0.335. The molecule has 1 aromatic carbocycles. The van der Waals surface area contributed by atoms with Crippen LogP contribution < -0.4 is 37.1 Å². The van der Waals surface area contributed by atoms with Gasteiger partial charge in [0.05, 0.1) is 6.54 Å². The minimum Gasteiger partial charge on any atom is -0.491 e. The van der Waals surface area contributed by atoms with Gasteiger partial charge in [0.25, 0.3) is 0 Å². The number of urea groups is 1. The predicted molar refractivity (Wildman–Crippen MR) is 125 cm³/mol. The number of hydrogen-bond acceptors (Lipinski definition) is 5. The van der Waals surface area contributed by atoms with Crippen LogP contribution in [-0.2, 0) is 16.0 Å². The molecule has 1 heterocycles. The van der Waals surface area contributed by atoms with E-state index in [4.69, 9.17) is 15.9 Å². The maximum absolute atomic E-state index is 12.9. The molecule has 0 aliphatic carbocycles. The molecule has 0 saturated carbocycles. The van der Waals surface area contributed by atoms with Crippen LogP contribution in [-0.4, -0.2) is 62.1 Å². The summed E-state index contributed by atoms with van der Waals surface area (Å²) in [7, 11) is 0. The zero-order chi connectivity index (χ0) is 24.4. The van der Waals surface area contributed by atoms with Crippen molar-refractivity contribution in [2.45, 2.75) is 39.3 Å². The number of carbonyl (C=O) groups excluding carboxylic acids is 3. The third-order valence-corrected chi connectivity index (χ3v) is 5.18. The summed E-state index contributed by atoms with van der Waals surface area (Å²) in [5, 5.41) is 20.8. The molecule has 4 amide bonds. The van der Waals surface area contributed by atoms with Gasteiger partial charge in [0.1, 0.15) is 24.4 Å². The van der Waals surface area contributed by atoms with E-state index in [0.29, 0.717) is 13.0 Å². The summed E-state index contributed by atoms with van der Waals surface area (Å²) >= 11 is 0. The normalized spacial score (nSPS) is 23.0. The Kier molecular flexibility index (Phi) is 9.77. The molecule has 3 atom stereocenters. The largest absolute Gasteiger partial charge is 0.491 e. The average molecular weight is 462 g/mol. The SMILES string of the molecule is CC(C)[C@H]1NC(=O)NCCOc2ccccc2C[C@H](C)CNC(=O)[C@H](CNC(=N)N)NC1=O. The number of ether oxygens (including phenoxy) is 1. The van der Waals surface area contributed by atoms with Crippen LogP contribution in [0.2, 0.25) is 0 Å². The molecule has 2 rings (SSSR count). The minimum atomic E-state index is -0.981. The molecule has 0 aromatic heterocycles. The molecule has 0 spiro atoms. The Morgan fingerprint density at radius 3 is 2.61 bits per heavy atom. The van der Waals surface area contributed by atoms with E-state index in [-0.39, 0.29) is 37.5 Å². The van der Waals surface area contributed by atoms with Crippen molar-refractivity contribution in [3.05, 3.63) is 29.8 Å². The van der Waals surface area contributed by atoms with Crippen LogP contribution in [0.5, 0.6) is 5.75 Å². The van der Waals surface area contributed by atoms with Crippen LogP contribution in [0.3, 0.4) is 0 Å². The quantitative estimate of drug-likeness (QED) is 0.240. The first kappa shape index (κ1) is 25.8. The van der Waals surface area contributed by atoms with Gasteiger partial charge in [-0.3, -0.25) is 15.0 Å². The van der Waals surface area contributed by atoms with Crippen molar-refractivity contribution in [2.75, 3.05) is 26.2 Å². The van der Waals surface area contributed by atoms with Crippen LogP contribution in [0.4, 0.5) is 4.79 Å². The fourth-order valence-electron chi connectivity index (χ4n) is 3.39. The Balaban J connectivity index is 2.24. The van der Waals surface area contributed by atoms with E-state index in [9.17, 15) is 14.4 Å². The highest BCUT2D eigenvalue weighted by Gasteiger charge is 2.29. The topological polar surface area (TPSA) is 170 Å². The molecule has 182 valence electrons. The van der Waals surface area contributed by atoms with E-state index in [2.05, 4.69) is 26.6 Å². The fourth-order valence-corrected chi connectivity index (χ4v) is 3.39. The Labute approximate surface area is 194 Å². The van der Waals surface area contributed by atoms with Gasteiger partial charge in [-0.05, 0) is 29.9 Å². The lowest BCUT2D eigenvalue weighted by Gasteiger charge is -2.26. The van der Waals surface area contributed by atoms with E-state index in [1.807, 2.05) is 31.2 Å². The molecule has 33 heavy (non-hydrogen) atoms. The van der Waals surface area contributed by atoms with Gasteiger partial charge in [0, 0.05) is 13.1 Å². The van der Waals surface area contributed by atoms with Crippen molar-refractivity contribution in [3.63, 3.8) is 0 Å². The van der Waals surface area contributed by atoms with Gasteiger partial charge in [0.2, 0.25) is 11.8 Å². The summed E-state index contributed by atoms with van der Waals surface area (Å²) in [6.07, 6.45) is 0.669. The lowest BCUT2D eigenvalue weighted by Crippen LogP contribution is -2.59. The van der Waals surface area contributed by atoms with Gasteiger partial charge in [0.15, 0.2) is 5.96 Å².